The van der Waals surface area contributed by atoms with Crippen molar-refractivity contribution in [3.63, 3.8) is 0 Å². The Kier molecular flexibility index (Phi) is 3.81. The number of ether oxygens (including phenoxy) is 1. The fourth-order valence-electron chi connectivity index (χ4n) is 1.78. The molecule has 2 aromatic heterocycles. The van der Waals surface area contributed by atoms with Gasteiger partial charge in [0.05, 0.1) is 5.69 Å². The van der Waals surface area contributed by atoms with E-state index in [1.54, 1.807) is 23.3 Å². The molecule has 21 heavy (non-hydrogen) atoms. The fourth-order valence-corrected chi connectivity index (χ4v) is 2.00. The first-order chi connectivity index (χ1) is 10.3. The summed E-state index contributed by atoms with van der Waals surface area (Å²) >= 11 is 6.15. The molecule has 0 aliphatic carbocycles. The number of nitrogens with two attached hydrogens (primary N) is 1. The van der Waals surface area contributed by atoms with E-state index in [4.69, 9.17) is 22.1 Å². The summed E-state index contributed by atoms with van der Waals surface area (Å²) in [6, 6.07) is 11.5. The van der Waals surface area contributed by atoms with Gasteiger partial charge in [0.1, 0.15) is 11.3 Å². The Morgan fingerprint density at radius 2 is 1.95 bits per heavy atom. The van der Waals surface area contributed by atoms with Crippen molar-refractivity contribution >= 4 is 11.6 Å². The van der Waals surface area contributed by atoms with Crippen molar-refractivity contribution < 1.29 is 4.74 Å². The molecule has 0 aliphatic heterocycles. The van der Waals surface area contributed by atoms with Crippen LogP contribution < -0.4 is 10.5 Å². The first-order valence-electron chi connectivity index (χ1n) is 6.26. The lowest BCUT2D eigenvalue weighted by molar-refractivity contribution is 0.424. The highest BCUT2D eigenvalue weighted by atomic mass is 35.5. The van der Waals surface area contributed by atoms with Crippen LogP contribution in [0.15, 0.2) is 48.9 Å². The number of benzene rings is 1. The average Bonchev–Trinajstić information content (AvgIpc) is 2.99. The maximum absolute atomic E-state index is 6.15. The molecule has 106 valence electrons. The highest BCUT2D eigenvalue weighted by Crippen LogP contribution is 2.28. The number of hydrogen-bond donors (Lipinski definition) is 1. The smallest absolute Gasteiger partial charge is 0.342 e. The van der Waals surface area contributed by atoms with Crippen LogP contribution in [0.3, 0.4) is 0 Å². The van der Waals surface area contributed by atoms with Crippen LogP contribution in [0.5, 0.6) is 11.9 Å². The monoisotopic (exact) mass is 301 g/mol. The average molecular weight is 302 g/mol. The molecule has 0 spiro atoms. The van der Waals surface area contributed by atoms with E-state index >= 15 is 0 Å². The third-order valence-electron chi connectivity index (χ3n) is 2.84. The van der Waals surface area contributed by atoms with Gasteiger partial charge < -0.3 is 10.5 Å². The highest BCUT2D eigenvalue weighted by molar-refractivity contribution is 6.32. The first-order valence-corrected chi connectivity index (χ1v) is 6.64. The maximum Gasteiger partial charge on any atom is 0.342 e. The Morgan fingerprint density at radius 3 is 2.71 bits per heavy atom. The van der Waals surface area contributed by atoms with E-state index < -0.39 is 0 Å². The summed E-state index contributed by atoms with van der Waals surface area (Å²) in [5.74, 6) is 0.241. The van der Waals surface area contributed by atoms with Gasteiger partial charge in [0.2, 0.25) is 5.88 Å². The van der Waals surface area contributed by atoms with Crippen LogP contribution in [0.4, 0.5) is 0 Å². The number of rotatable bonds is 4. The number of hydrogen-bond acceptors (Lipinski definition) is 5. The minimum Gasteiger partial charge on any atom is -0.402 e. The summed E-state index contributed by atoms with van der Waals surface area (Å²) in [7, 11) is 0. The molecule has 0 unspecified atom stereocenters. The molecule has 0 radical (unpaired) electrons. The third kappa shape index (κ3) is 2.86. The van der Waals surface area contributed by atoms with Crippen molar-refractivity contribution in [2.45, 2.75) is 6.54 Å². The Bertz CT molecular complexity index is 744. The molecule has 2 N–H and O–H groups in total. The summed E-state index contributed by atoms with van der Waals surface area (Å²) in [5, 5.41) is 4.60. The van der Waals surface area contributed by atoms with Gasteiger partial charge in [-0.05, 0) is 23.8 Å². The van der Waals surface area contributed by atoms with Crippen LogP contribution >= 0.6 is 11.6 Å². The molecule has 2 heterocycles. The van der Waals surface area contributed by atoms with E-state index in [-0.39, 0.29) is 11.9 Å². The van der Waals surface area contributed by atoms with Crippen LogP contribution in [-0.2, 0) is 6.54 Å². The van der Waals surface area contributed by atoms with E-state index in [0.717, 1.165) is 11.3 Å². The second-order valence-corrected chi connectivity index (χ2v) is 4.58. The van der Waals surface area contributed by atoms with Crippen LogP contribution in [0.25, 0.3) is 5.69 Å². The zero-order chi connectivity index (χ0) is 14.7. The van der Waals surface area contributed by atoms with Gasteiger partial charge in [-0.2, -0.15) is 4.98 Å². The first kappa shape index (κ1) is 13.5. The predicted octanol–water partition coefficient (Wildman–Crippen LogP) is 2.57. The SMILES string of the molecule is NCc1ccnc(Oc2ncn(-c3ccccc3)n2)c1Cl. The summed E-state index contributed by atoms with van der Waals surface area (Å²) in [4.78, 5) is 8.15. The molecule has 3 rings (SSSR count). The Balaban J connectivity index is 1.85. The summed E-state index contributed by atoms with van der Waals surface area (Å²) in [5.41, 5.74) is 7.23. The highest BCUT2D eigenvalue weighted by Gasteiger charge is 2.11. The summed E-state index contributed by atoms with van der Waals surface area (Å²) in [6.45, 7) is 0.309. The maximum atomic E-state index is 6.15. The third-order valence-corrected chi connectivity index (χ3v) is 3.24. The van der Waals surface area contributed by atoms with Crippen molar-refractivity contribution in [2.75, 3.05) is 0 Å². The zero-order valence-electron chi connectivity index (χ0n) is 11.0. The quantitative estimate of drug-likeness (QED) is 0.801. The van der Waals surface area contributed by atoms with E-state index in [1.165, 1.54) is 0 Å². The Hall–Kier alpha value is -2.44. The normalized spacial score (nSPS) is 10.6. The molecule has 0 amide bonds. The van der Waals surface area contributed by atoms with Crippen molar-refractivity contribution in [2.24, 2.45) is 5.73 Å². The molecule has 0 saturated heterocycles. The van der Waals surface area contributed by atoms with Gasteiger partial charge in [-0.3, -0.25) is 0 Å². The minimum atomic E-state index is 0.169. The van der Waals surface area contributed by atoms with Crippen LogP contribution in [0.2, 0.25) is 5.02 Å². The van der Waals surface area contributed by atoms with E-state index in [0.29, 0.717) is 11.6 Å². The predicted molar refractivity (Wildman–Crippen MR) is 78.6 cm³/mol. The second kappa shape index (κ2) is 5.90. The summed E-state index contributed by atoms with van der Waals surface area (Å²) < 4.78 is 7.12. The molecular formula is C14H12ClN5O. The molecule has 0 aliphatic rings. The molecule has 3 aromatic rings. The van der Waals surface area contributed by atoms with Gasteiger partial charge in [0.15, 0.2) is 0 Å². The lowest BCUT2D eigenvalue weighted by Gasteiger charge is -2.05. The molecule has 0 atom stereocenters. The molecule has 6 nitrogen and oxygen atoms in total. The Labute approximate surface area is 126 Å². The largest absolute Gasteiger partial charge is 0.402 e. The van der Waals surface area contributed by atoms with E-state index in [9.17, 15) is 0 Å². The van der Waals surface area contributed by atoms with E-state index in [1.807, 2.05) is 30.3 Å². The molecule has 7 heteroatoms. The number of pyridine rings is 1. The molecule has 0 bridgehead atoms. The number of nitrogens with zero attached hydrogens (tertiary/aromatic N) is 4. The van der Waals surface area contributed by atoms with Crippen molar-refractivity contribution in [1.29, 1.82) is 0 Å². The zero-order valence-corrected chi connectivity index (χ0v) is 11.7. The van der Waals surface area contributed by atoms with Crippen molar-refractivity contribution in [3.05, 3.63) is 59.5 Å². The van der Waals surface area contributed by atoms with Gasteiger partial charge in [0, 0.05) is 12.7 Å². The van der Waals surface area contributed by atoms with Crippen LogP contribution in [-0.4, -0.2) is 19.7 Å². The van der Waals surface area contributed by atoms with Gasteiger partial charge >= 0.3 is 6.01 Å². The molecule has 1 aromatic carbocycles. The van der Waals surface area contributed by atoms with Gasteiger partial charge in [-0.15, -0.1) is 5.10 Å². The minimum absolute atomic E-state index is 0.169. The van der Waals surface area contributed by atoms with Gasteiger partial charge in [-0.25, -0.2) is 9.67 Å². The van der Waals surface area contributed by atoms with Crippen LogP contribution in [0, 0.1) is 0 Å². The lowest BCUT2D eigenvalue weighted by Crippen LogP contribution is -2.00. The Morgan fingerprint density at radius 1 is 1.14 bits per heavy atom. The fraction of sp³-hybridized carbons (Fsp3) is 0.0714. The van der Waals surface area contributed by atoms with Crippen molar-refractivity contribution in [3.8, 4) is 17.6 Å². The lowest BCUT2D eigenvalue weighted by atomic mass is 10.3. The van der Waals surface area contributed by atoms with E-state index in [2.05, 4.69) is 15.1 Å². The standard InChI is InChI=1S/C14H12ClN5O/c15-12-10(8-16)6-7-17-13(12)21-14-18-9-20(19-14)11-4-2-1-3-5-11/h1-7,9H,8,16H2. The summed E-state index contributed by atoms with van der Waals surface area (Å²) in [6.07, 6.45) is 3.14. The number of halogens is 1. The molecule has 0 fully saturated rings. The number of aromatic nitrogens is 4. The van der Waals surface area contributed by atoms with Gasteiger partial charge in [-0.1, -0.05) is 29.8 Å². The topological polar surface area (TPSA) is 78.9 Å². The molecular weight excluding hydrogens is 290 g/mol. The number of para-hydroxylation sites is 1. The molecule has 0 saturated carbocycles. The van der Waals surface area contributed by atoms with Crippen LogP contribution in [0.1, 0.15) is 5.56 Å². The van der Waals surface area contributed by atoms with Crippen molar-refractivity contribution in [1.82, 2.24) is 19.7 Å². The van der Waals surface area contributed by atoms with Gasteiger partial charge in [0.25, 0.3) is 0 Å². The second-order valence-electron chi connectivity index (χ2n) is 4.20.